The molecule has 1 fully saturated rings. The van der Waals surface area contributed by atoms with Crippen LogP contribution in [0.3, 0.4) is 0 Å². The summed E-state index contributed by atoms with van der Waals surface area (Å²) < 4.78 is 30.0. The van der Waals surface area contributed by atoms with Crippen LogP contribution in [0.25, 0.3) is 0 Å². The Morgan fingerprint density at radius 1 is 0.320 bits per heavy atom. The van der Waals surface area contributed by atoms with Crippen molar-refractivity contribution < 1.29 is 9.13 Å². The summed E-state index contributed by atoms with van der Waals surface area (Å²) in [5.74, 6) is 0.974. The average molecular weight is 693 g/mol. The van der Waals surface area contributed by atoms with E-state index in [9.17, 15) is 9.13 Å². The molecule has 0 unspecified atom stereocenters. The molecule has 0 spiro atoms. The van der Waals surface area contributed by atoms with Crippen LogP contribution in [0, 0.1) is 27.7 Å². The summed E-state index contributed by atoms with van der Waals surface area (Å²) >= 11 is 0. The Balaban J connectivity index is 1.08. The van der Waals surface area contributed by atoms with Gasteiger partial charge in [0.2, 0.25) is 0 Å². The van der Waals surface area contributed by atoms with Crippen molar-refractivity contribution in [1.29, 1.82) is 0 Å². The first kappa shape index (κ1) is 34.2. The van der Waals surface area contributed by atoms with Gasteiger partial charge in [-0.15, -0.1) is 0 Å². The first-order valence-corrected chi connectivity index (χ1v) is 21.3. The Hall–Kier alpha value is -4.22. The highest BCUT2D eigenvalue weighted by atomic mass is 31.2. The Bertz CT molecular complexity index is 1900. The zero-order chi connectivity index (χ0) is 34.9. The normalized spacial score (nSPS) is 16.6. The van der Waals surface area contributed by atoms with Gasteiger partial charge in [0.15, 0.2) is 14.3 Å². The molecule has 4 heteroatoms. The van der Waals surface area contributed by atoms with Crippen LogP contribution in [0.1, 0.15) is 70.9 Å². The monoisotopic (exact) mass is 692 g/mol. The lowest BCUT2D eigenvalue weighted by Crippen LogP contribution is -2.25. The highest BCUT2D eigenvalue weighted by Gasteiger charge is 2.32. The summed E-state index contributed by atoms with van der Waals surface area (Å²) in [6.07, 6.45) is 4.46. The lowest BCUT2D eigenvalue weighted by molar-refractivity contribution is 0.396. The third-order valence-electron chi connectivity index (χ3n) is 10.8. The maximum Gasteiger partial charge on any atom is 0.171 e. The molecule has 0 saturated heterocycles. The molecule has 1 aliphatic carbocycles. The molecule has 6 aromatic carbocycles. The summed E-state index contributed by atoms with van der Waals surface area (Å²) in [7, 11) is -6.01. The fraction of sp³-hybridized carbons (Fsp3) is 0.217. The molecule has 0 atom stereocenters. The lowest BCUT2D eigenvalue weighted by Gasteiger charge is -2.30. The quantitative estimate of drug-likeness (QED) is 0.149. The summed E-state index contributed by atoms with van der Waals surface area (Å²) in [5, 5.41) is 5.27. The minimum absolute atomic E-state index is 0.487. The van der Waals surface area contributed by atoms with Crippen molar-refractivity contribution in [3.8, 4) is 0 Å². The van der Waals surface area contributed by atoms with Crippen LogP contribution in [0.15, 0.2) is 146 Å². The molecule has 0 amide bonds. The summed E-state index contributed by atoms with van der Waals surface area (Å²) in [6, 6.07) is 50.0. The molecular formula is C46H46O2P2. The maximum absolute atomic E-state index is 15.0. The molecular weight excluding hydrogens is 646 g/mol. The van der Waals surface area contributed by atoms with Crippen molar-refractivity contribution in [2.24, 2.45) is 0 Å². The third-order valence-corrected chi connectivity index (χ3v) is 16.9. The first-order valence-electron chi connectivity index (χ1n) is 17.8. The molecule has 0 aliphatic heterocycles. The molecule has 0 heterocycles. The number of rotatable bonds is 8. The van der Waals surface area contributed by atoms with Gasteiger partial charge in [-0.1, -0.05) is 168 Å². The predicted octanol–water partition coefficient (Wildman–Crippen LogP) is 9.64. The summed E-state index contributed by atoms with van der Waals surface area (Å²) in [4.78, 5) is 0. The Labute approximate surface area is 298 Å². The van der Waals surface area contributed by atoms with Gasteiger partial charge in [0.25, 0.3) is 0 Å². The van der Waals surface area contributed by atoms with E-state index in [0.717, 1.165) is 79.8 Å². The second-order valence-electron chi connectivity index (χ2n) is 14.3. The lowest BCUT2D eigenvalue weighted by atomic mass is 9.76. The van der Waals surface area contributed by atoms with E-state index < -0.39 is 14.3 Å². The van der Waals surface area contributed by atoms with Crippen molar-refractivity contribution in [2.75, 3.05) is 0 Å². The fourth-order valence-corrected chi connectivity index (χ4v) is 12.8. The summed E-state index contributed by atoms with van der Waals surface area (Å²) in [5.41, 5.74) is 7.32. The van der Waals surface area contributed by atoms with Gasteiger partial charge in [-0.05, 0) is 76.3 Å². The standard InChI is InChI=1S/C46H46O2P2/c1-33-5-21-41(22-6-33)49(47,42-23-7-34(2)8-24-42)45-29-17-39(18-30-45)37-13-15-38(16-14-37)40-19-31-46(32-20-40)50(48,43-25-9-35(3)10-26-43)44-27-11-36(4)12-28-44/h5-12,17-32,37-38H,13-16H2,1-4H3. The molecule has 0 N–H and O–H groups in total. The second kappa shape index (κ2) is 14.2. The molecule has 2 nitrogen and oxygen atoms in total. The van der Waals surface area contributed by atoms with Gasteiger partial charge in [-0.25, -0.2) is 0 Å². The predicted molar refractivity (Wildman–Crippen MR) is 215 cm³/mol. The topological polar surface area (TPSA) is 34.1 Å². The second-order valence-corrected chi connectivity index (χ2v) is 19.8. The van der Waals surface area contributed by atoms with E-state index in [1.165, 1.54) is 11.1 Å². The molecule has 0 radical (unpaired) electrons. The van der Waals surface area contributed by atoms with E-state index in [-0.39, 0.29) is 0 Å². The van der Waals surface area contributed by atoms with Crippen LogP contribution >= 0.6 is 14.3 Å². The van der Waals surface area contributed by atoms with E-state index in [0.29, 0.717) is 11.8 Å². The first-order chi connectivity index (χ1) is 24.1. The van der Waals surface area contributed by atoms with E-state index in [1.807, 2.05) is 48.5 Å². The van der Waals surface area contributed by atoms with Crippen molar-refractivity contribution in [1.82, 2.24) is 0 Å². The number of aryl methyl sites for hydroxylation is 4. The highest BCUT2D eigenvalue weighted by Crippen LogP contribution is 2.46. The molecule has 7 rings (SSSR count). The Kier molecular flexibility index (Phi) is 9.72. The van der Waals surface area contributed by atoms with E-state index >= 15 is 0 Å². The van der Waals surface area contributed by atoms with Gasteiger partial charge >= 0.3 is 0 Å². The van der Waals surface area contributed by atoms with Crippen molar-refractivity contribution in [2.45, 2.75) is 65.2 Å². The zero-order valence-corrected chi connectivity index (χ0v) is 31.3. The SMILES string of the molecule is Cc1ccc(P(=O)(c2ccc(C)cc2)c2ccc(C3CCC(c4ccc(P(=O)(c5ccc(C)cc5)c5ccc(C)cc5)cc4)CC3)cc2)cc1. The smallest absolute Gasteiger partial charge is 0.171 e. The van der Waals surface area contributed by atoms with Crippen LogP contribution in [0.4, 0.5) is 0 Å². The minimum atomic E-state index is -3.01. The Morgan fingerprint density at radius 2 is 0.500 bits per heavy atom. The molecule has 1 aliphatic rings. The average Bonchev–Trinajstić information content (AvgIpc) is 3.15. The van der Waals surface area contributed by atoms with Gasteiger partial charge in [0.05, 0.1) is 0 Å². The van der Waals surface area contributed by atoms with Crippen molar-refractivity contribution in [3.05, 3.63) is 179 Å². The van der Waals surface area contributed by atoms with Crippen LogP contribution < -0.4 is 31.8 Å². The van der Waals surface area contributed by atoms with E-state index in [4.69, 9.17) is 0 Å². The molecule has 1 saturated carbocycles. The summed E-state index contributed by atoms with van der Waals surface area (Å²) in [6.45, 7) is 8.26. The van der Waals surface area contributed by atoms with Gasteiger partial charge in [0, 0.05) is 31.8 Å². The van der Waals surface area contributed by atoms with Crippen LogP contribution in [-0.4, -0.2) is 0 Å². The third kappa shape index (κ3) is 6.65. The van der Waals surface area contributed by atoms with Gasteiger partial charge < -0.3 is 9.13 Å². The largest absolute Gasteiger partial charge is 0.309 e. The van der Waals surface area contributed by atoms with Gasteiger partial charge in [-0.2, -0.15) is 0 Å². The molecule has 6 aromatic rings. The van der Waals surface area contributed by atoms with E-state index in [1.54, 1.807) is 0 Å². The van der Waals surface area contributed by atoms with E-state index in [2.05, 4.69) is 125 Å². The number of hydrogen-bond donors (Lipinski definition) is 0. The Morgan fingerprint density at radius 3 is 0.700 bits per heavy atom. The van der Waals surface area contributed by atoms with Crippen LogP contribution in [0.5, 0.6) is 0 Å². The van der Waals surface area contributed by atoms with Gasteiger partial charge in [0.1, 0.15) is 0 Å². The van der Waals surface area contributed by atoms with Crippen LogP contribution in [0.2, 0.25) is 0 Å². The molecule has 50 heavy (non-hydrogen) atoms. The fourth-order valence-electron chi connectivity index (χ4n) is 7.59. The molecule has 0 aromatic heterocycles. The zero-order valence-electron chi connectivity index (χ0n) is 29.6. The van der Waals surface area contributed by atoms with Crippen molar-refractivity contribution >= 4 is 46.1 Å². The van der Waals surface area contributed by atoms with Crippen molar-refractivity contribution in [3.63, 3.8) is 0 Å². The molecule has 0 bridgehead atoms. The number of benzene rings is 6. The maximum atomic E-state index is 15.0. The molecule has 252 valence electrons. The van der Waals surface area contributed by atoms with Crippen LogP contribution in [-0.2, 0) is 9.13 Å². The minimum Gasteiger partial charge on any atom is -0.309 e. The highest BCUT2D eigenvalue weighted by molar-refractivity contribution is 7.85. The van der Waals surface area contributed by atoms with Gasteiger partial charge in [-0.3, -0.25) is 0 Å². The number of hydrogen-bond acceptors (Lipinski definition) is 2.